The fraction of sp³-hybridized carbons (Fsp3) is 0.464. The molecule has 0 radical (unpaired) electrons. The number of likely N-dealkylation sites (tertiary alicyclic amines) is 1. The zero-order valence-corrected chi connectivity index (χ0v) is 20.8. The Labute approximate surface area is 215 Å². The number of nitro benzene ring substituents is 1. The average Bonchev–Trinajstić information content (AvgIpc) is 3.23. The summed E-state index contributed by atoms with van der Waals surface area (Å²) >= 11 is 0. The van der Waals surface area contributed by atoms with Crippen LogP contribution in [0.3, 0.4) is 0 Å². The Kier molecular flexibility index (Phi) is 5.36. The molecular formula is C28H31N3O6. The maximum Gasteiger partial charge on any atom is 0.269 e. The second kappa shape index (κ2) is 8.29. The van der Waals surface area contributed by atoms with Gasteiger partial charge in [0, 0.05) is 37.3 Å². The SMILES string of the molecule is C=CCN1CC[C@]23c4c5ccc(O)c4O[C@H]2[C@@H](N(C)C(=O)Cc2cccc([N+](=O)[O-])c2)CC[C@@]3(O)[C@H]1C5. The number of carbonyl (C=O) groups excluding carboxylic acids is 1. The van der Waals surface area contributed by atoms with E-state index in [9.17, 15) is 25.1 Å². The van der Waals surface area contributed by atoms with Crippen LogP contribution in [0.2, 0.25) is 0 Å². The first-order valence-electron chi connectivity index (χ1n) is 12.8. The van der Waals surface area contributed by atoms with E-state index in [1.54, 1.807) is 30.1 Å². The number of piperidine rings is 1. The minimum absolute atomic E-state index is 0.0256. The molecule has 2 fully saturated rings. The van der Waals surface area contributed by atoms with Crippen molar-refractivity contribution in [3.63, 3.8) is 0 Å². The van der Waals surface area contributed by atoms with Gasteiger partial charge in [-0.1, -0.05) is 24.3 Å². The quantitative estimate of drug-likeness (QED) is 0.352. The van der Waals surface area contributed by atoms with Crippen LogP contribution in [0.1, 0.15) is 36.0 Å². The fourth-order valence-electron chi connectivity index (χ4n) is 7.65. The minimum Gasteiger partial charge on any atom is -0.504 e. The molecule has 4 aliphatic rings. The highest BCUT2D eigenvalue weighted by Crippen LogP contribution is 2.65. The van der Waals surface area contributed by atoms with Gasteiger partial charge in [0.1, 0.15) is 6.10 Å². The van der Waals surface area contributed by atoms with E-state index < -0.39 is 22.0 Å². The maximum absolute atomic E-state index is 13.4. The standard InChI is InChI=1S/C28H31N3O6/c1-3-12-30-13-11-27-24-18-7-8-21(32)25(24)37-26(27)20(9-10-28(27,34)22(30)16-18)29(2)23(33)15-17-5-4-6-19(14-17)31(35)36/h3-8,14,20,22,26,32,34H,1,9-13,15-16H2,2H3/t20-,22+,26-,27-,28+/m0/s1. The summed E-state index contributed by atoms with van der Waals surface area (Å²) in [7, 11) is 1.74. The molecule has 2 heterocycles. The Morgan fingerprint density at radius 3 is 2.92 bits per heavy atom. The molecule has 1 saturated heterocycles. The highest BCUT2D eigenvalue weighted by atomic mass is 16.6. The summed E-state index contributed by atoms with van der Waals surface area (Å²) in [6.07, 6.45) is 3.73. The monoisotopic (exact) mass is 505 g/mol. The van der Waals surface area contributed by atoms with E-state index in [-0.39, 0.29) is 35.8 Å². The lowest BCUT2D eigenvalue weighted by atomic mass is 9.48. The van der Waals surface area contributed by atoms with Gasteiger partial charge in [-0.15, -0.1) is 6.58 Å². The van der Waals surface area contributed by atoms with Gasteiger partial charge < -0.3 is 19.8 Å². The number of aliphatic hydroxyl groups is 1. The number of phenolic OH excluding ortho intramolecular Hbond substituents is 1. The Bertz CT molecular complexity index is 1310. The molecule has 1 spiro atoms. The number of nitrogens with zero attached hydrogens (tertiary/aromatic N) is 3. The minimum atomic E-state index is -1.06. The van der Waals surface area contributed by atoms with Crippen LogP contribution in [-0.2, 0) is 23.1 Å². The Morgan fingerprint density at radius 2 is 2.16 bits per heavy atom. The van der Waals surface area contributed by atoms with Crippen LogP contribution in [0.25, 0.3) is 0 Å². The van der Waals surface area contributed by atoms with Crippen LogP contribution < -0.4 is 4.74 Å². The molecular weight excluding hydrogens is 474 g/mol. The van der Waals surface area contributed by atoms with Crippen molar-refractivity contribution in [3.8, 4) is 11.5 Å². The maximum atomic E-state index is 13.4. The van der Waals surface area contributed by atoms with Gasteiger partial charge in [0.2, 0.25) is 5.91 Å². The first-order chi connectivity index (χ1) is 17.7. The summed E-state index contributed by atoms with van der Waals surface area (Å²) in [6, 6.07) is 9.29. The van der Waals surface area contributed by atoms with E-state index in [0.29, 0.717) is 43.5 Å². The van der Waals surface area contributed by atoms with Crippen molar-refractivity contribution in [1.29, 1.82) is 0 Å². The summed E-state index contributed by atoms with van der Waals surface area (Å²) in [5.74, 6) is 0.317. The molecule has 194 valence electrons. The second-order valence-electron chi connectivity index (χ2n) is 10.8. The molecule has 37 heavy (non-hydrogen) atoms. The van der Waals surface area contributed by atoms with E-state index in [1.165, 1.54) is 12.1 Å². The molecule has 1 saturated carbocycles. The molecule has 0 unspecified atom stereocenters. The number of hydrogen-bond acceptors (Lipinski definition) is 7. The summed E-state index contributed by atoms with van der Waals surface area (Å²) < 4.78 is 6.52. The number of nitro groups is 1. The number of likely N-dealkylation sites (N-methyl/N-ethyl adjacent to an activating group) is 1. The molecule has 6 rings (SSSR count). The van der Waals surface area contributed by atoms with Gasteiger partial charge in [-0.05, 0) is 49.4 Å². The molecule has 2 aliphatic heterocycles. The number of rotatable bonds is 6. The predicted molar refractivity (Wildman–Crippen MR) is 136 cm³/mol. The van der Waals surface area contributed by atoms with E-state index in [4.69, 9.17) is 4.74 Å². The molecule has 9 heteroatoms. The van der Waals surface area contributed by atoms with Crippen molar-refractivity contribution in [3.05, 3.63) is 75.9 Å². The zero-order chi connectivity index (χ0) is 26.1. The highest BCUT2D eigenvalue weighted by molar-refractivity contribution is 5.79. The summed E-state index contributed by atoms with van der Waals surface area (Å²) in [5.41, 5.74) is 0.698. The van der Waals surface area contributed by atoms with Crippen molar-refractivity contribution in [2.75, 3.05) is 20.1 Å². The number of carbonyl (C=O) groups is 1. The summed E-state index contributed by atoms with van der Waals surface area (Å²) in [6.45, 7) is 5.34. The first-order valence-corrected chi connectivity index (χ1v) is 12.8. The molecule has 2 aliphatic carbocycles. The van der Waals surface area contributed by atoms with Crippen LogP contribution in [-0.4, -0.2) is 74.8 Å². The normalized spacial score (nSPS) is 31.2. The largest absolute Gasteiger partial charge is 0.504 e. The van der Waals surface area contributed by atoms with E-state index in [0.717, 1.165) is 17.7 Å². The average molecular weight is 506 g/mol. The molecule has 1 amide bonds. The van der Waals surface area contributed by atoms with Crippen LogP contribution in [0, 0.1) is 10.1 Å². The van der Waals surface area contributed by atoms with Crippen molar-refractivity contribution in [2.24, 2.45) is 0 Å². The second-order valence-corrected chi connectivity index (χ2v) is 10.8. The summed E-state index contributed by atoms with van der Waals surface area (Å²) in [4.78, 5) is 28.1. The third kappa shape index (κ3) is 3.20. The highest BCUT2D eigenvalue weighted by Gasteiger charge is 2.73. The lowest BCUT2D eigenvalue weighted by Crippen LogP contribution is -2.78. The van der Waals surface area contributed by atoms with Crippen LogP contribution in [0.5, 0.6) is 11.5 Å². The smallest absolute Gasteiger partial charge is 0.269 e. The van der Waals surface area contributed by atoms with E-state index in [2.05, 4.69) is 11.5 Å². The van der Waals surface area contributed by atoms with Crippen LogP contribution in [0.15, 0.2) is 49.1 Å². The van der Waals surface area contributed by atoms with Gasteiger partial charge >= 0.3 is 0 Å². The summed E-state index contributed by atoms with van der Waals surface area (Å²) in [5, 5.41) is 34.4. The van der Waals surface area contributed by atoms with Crippen molar-refractivity contribution >= 4 is 11.6 Å². The molecule has 2 aromatic rings. The van der Waals surface area contributed by atoms with Crippen LogP contribution >= 0.6 is 0 Å². The number of ether oxygens (including phenoxy) is 1. The Balaban J connectivity index is 1.37. The molecule has 2 bridgehead atoms. The van der Waals surface area contributed by atoms with E-state index in [1.807, 2.05) is 12.1 Å². The molecule has 9 nitrogen and oxygen atoms in total. The van der Waals surface area contributed by atoms with Crippen molar-refractivity contribution in [1.82, 2.24) is 9.80 Å². The van der Waals surface area contributed by atoms with Gasteiger partial charge in [0.05, 0.1) is 28.4 Å². The molecule has 2 aromatic carbocycles. The van der Waals surface area contributed by atoms with E-state index >= 15 is 0 Å². The number of hydrogen-bond donors (Lipinski definition) is 2. The van der Waals surface area contributed by atoms with Gasteiger partial charge in [0.15, 0.2) is 11.5 Å². The number of benzene rings is 2. The number of non-ortho nitro benzene ring substituents is 1. The molecule has 5 atom stereocenters. The lowest BCUT2D eigenvalue weighted by Gasteiger charge is -2.64. The van der Waals surface area contributed by atoms with Crippen molar-refractivity contribution in [2.45, 2.75) is 61.3 Å². The van der Waals surface area contributed by atoms with Crippen molar-refractivity contribution < 1.29 is 24.7 Å². The molecule has 0 aromatic heterocycles. The van der Waals surface area contributed by atoms with Gasteiger partial charge in [-0.2, -0.15) is 0 Å². The Morgan fingerprint density at radius 1 is 1.35 bits per heavy atom. The van der Waals surface area contributed by atoms with Gasteiger partial charge in [-0.25, -0.2) is 0 Å². The topological polar surface area (TPSA) is 116 Å². The molecule has 2 N–H and O–H groups in total. The third-order valence-electron chi connectivity index (χ3n) is 9.27. The number of aromatic hydroxyl groups is 1. The predicted octanol–water partition coefficient (Wildman–Crippen LogP) is 2.71. The van der Waals surface area contributed by atoms with Gasteiger partial charge in [-0.3, -0.25) is 19.8 Å². The third-order valence-corrected chi connectivity index (χ3v) is 9.27. The Hall–Kier alpha value is -3.43. The zero-order valence-electron chi connectivity index (χ0n) is 20.8. The first kappa shape index (κ1) is 23.9. The number of amides is 1. The van der Waals surface area contributed by atoms with Crippen LogP contribution in [0.4, 0.5) is 5.69 Å². The fourth-order valence-corrected chi connectivity index (χ4v) is 7.65. The lowest BCUT2D eigenvalue weighted by molar-refractivity contribution is -0.384. The van der Waals surface area contributed by atoms with Gasteiger partial charge in [0.25, 0.3) is 5.69 Å². The number of phenols is 1.